The fourth-order valence-corrected chi connectivity index (χ4v) is 3.87. The van der Waals surface area contributed by atoms with Crippen LogP contribution in [0.4, 0.5) is 0 Å². The lowest BCUT2D eigenvalue weighted by Gasteiger charge is -2.12. The molecule has 88 valence electrons. The molecule has 1 N–H and O–H groups in total. The molecule has 0 bridgehead atoms. The SMILES string of the molecule is O=S1(=O)CCC(OCCC2CCNC2)C1. The topological polar surface area (TPSA) is 55.4 Å². The molecule has 0 radical (unpaired) electrons. The van der Waals surface area contributed by atoms with Crippen molar-refractivity contribution < 1.29 is 13.2 Å². The highest BCUT2D eigenvalue weighted by Gasteiger charge is 2.28. The first kappa shape index (κ1) is 11.4. The Labute approximate surface area is 91.3 Å². The van der Waals surface area contributed by atoms with Crippen molar-refractivity contribution in [2.75, 3.05) is 31.2 Å². The Morgan fingerprint density at radius 3 is 2.80 bits per heavy atom. The molecule has 0 amide bonds. The normalized spacial score (nSPS) is 34.7. The largest absolute Gasteiger partial charge is 0.377 e. The van der Waals surface area contributed by atoms with Crippen LogP contribution in [0.15, 0.2) is 0 Å². The van der Waals surface area contributed by atoms with E-state index in [1.165, 1.54) is 6.42 Å². The van der Waals surface area contributed by atoms with Gasteiger partial charge in [-0.3, -0.25) is 0 Å². The van der Waals surface area contributed by atoms with Crippen LogP contribution in [0.3, 0.4) is 0 Å². The van der Waals surface area contributed by atoms with Crippen molar-refractivity contribution >= 4 is 9.84 Å². The molecule has 0 saturated carbocycles. The molecule has 0 aliphatic carbocycles. The summed E-state index contributed by atoms with van der Waals surface area (Å²) >= 11 is 0. The zero-order valence-corrected chi connectivity index (χ0v) is 9.76. The van der Waals surface area contributed by atoms with Gasteiger partial charge in [0.25, 0.3) is 0 Å². The lowest BCUT2D eigenvalue weighted by molar-refractivity contribution is 0.0624. The van der Waals surface area contributed by atoms with Gasteiger partial charge in [-0.2, -0.15) is 0 Å². The first-order valence-corrected chi connectivity index (χ1v) is 7.50. The smallest absolute Gasteiger partial charge is 0.152 e. The maximum Gasteiger partial charge on any atom is 0.152 e. The second-order valence-electron chi connectivity index (χ2n) is 4.54. The van der Waals surface area contributed by atoms with E-state index in [0.717, 1.165) is 25.4 Å². The van der Waals surface area contributed by atoms with E-state index in [1.807, 2.05) is 0 Å². The summed E-state index contributed by atoms with van der Waals surface area (Å²) in [7, 11) is -2.78. The molecule has 2 heterocycles. The minimum Gasteiger partial charge on any atom is -0.377 e. The van der Waals surface area contributed by atoms with Gasteiger partial charge in [-0.1, -0.05) is 0 Å². The highest BCUT2D eigenvalue weighted by Crippen LogP contribution is 2.17. The van der Waals surface area contributed by atoms with Crippen LogP contribution in [0.1, 0.15) is 19.3 Å². The van der Waals surface area contributed by atoms with E-state index >= 15 is 0 Å². The van der Waals surface area contributed by atoms with Gasteiger partial charge < -0.3 is 10.1 Å². The second-order valence-corrected chi connectivity index (χ2v) is 6.77. The summed E-state index contributed by atoms with van der Waals surface area (Å²) in [5.74, 6) is 1.27. The Bertz CT molecular complexity index is 296. The zero-order chi connectivity index (χ0) is 10.7. The highest BCUT2D eigenvalue weighted by molar-refractivity contribution is 7.91. The van der Waals surface area contributed by atoms with Crippen LogP contribution >= 0.6 is 0 Å². The predicted octanol–water partition coefficient (Wildman–Crippen LogP) is 0.190. The summed E-state index contributed by atoms with van der Waals surface area (Å²) in [6, 6.07) is 0. The predicted molar refractivity (Wildman–Crippen MR) is 58.6 cm³/mol. The van der Waals surface area contributed by atoms with Gasteiger partial charge in [0.15, 0.2) is 9.84 Å². The Morgan fingerprint density at radius 2 is 2.20 bits per heavy atom. The molecule has 2 unspecified atom stereocenters. The number of rotatable bonds is 4. The van der Waals surface area contributed by atoms with Gasteiger partial charge >= 0.3 is 0 Å². The Balaban J connectivity index is 1.62. The molecule has 15 heavy (non-hydrogen) atoms. The van der Waals surface area contributed by atoms with Crippen molar-refractivity contribution in [1.29, 1.82) is 0 Å². The third-order valence-electron chi connectivity index (χ3n) is 3.23. The van der Waals surface area contributed by atoms with Crippen LogP contribution in [0, 0.1) is 5.92 Å². The van der Waals surface area contributed by atoms with E-state index in [-0.39, 0.29) is 11.9 Å². The number of nitrogens with one attached hydrogen (secondary N) is 1. The van der Waals surface area contributed by atoms with Crippen LogP contribution in [0.25, 0.3) is 0 Å². The zero-order valence-electron chi connectivity index (χ0n) is 8.94. The fourth-order valence-electron chi connectivity index (χ4n) is 2.25. The summed E-state index contributed by atoms with van der Waals surface area (Å²) in [4.78, 5) is 0. The molecule has 2 atom stereocenters. The maximum atomic E-state index is 11.2. The maximum absolute atomic E-state index is 11.2. The van der Waals surface area contributed by atoms with Gasteiger partial charge in [-0.05, 0) is 38.3 Å². The monoisotopic (exact) mass is 233 g/mol. The van der Waals surface area contributed by atoms with Crippen LogP contribution in [0.2, 0.25) is 0 Å². The molecule has 0 aromatic heterocycles. The van der Waals surface area contributed by atoms with E-state index < -0.39 is 9.84 Å². The van der Waals surface area contributed by atoms with Crippen molar-refractivity contribution in [1.82, 2.24) is 5.32 Å². The molecule has 2 aliphatic heterocycles. The standard InChI is InChI=1S/C10H19NO3S/c12-15(13)6-3-10(8-15)14-5-2-9-1-4-11-7-9/h9-11H,1-8H2. The minimum absolute atomic E-state index is 0.0376. The third kappa shape index (κ3) is 3.43. The first-order chi connectivity index (χ1) is 7.16. The van der Waals surface area contributed by atoms with Crippen LogP contribution in [-0.2, 0) is 14.6 Å². The second kappa shape index (κ2) is 4.80. The van der Waals surface area contributed by atoms with Crippen molar-refractivity contribution in [2.45, 2.75) is 25.4 Å². The Hall–Kier alpha value is -0.130. The fraction of sp³-hybridized carbons (Fsp3) is 1.00. The van der Waals surface area contributed by atoms with Crippen LogP contribution in [-0.4, -0.2) is 45.7 Å². The molecule has 2 rings (SSSR count). The summed E-state index contributed by atoms with van der Waals surface area (Å²) in [5, 5.41) is 3.31. The Morgan fingerprint density at radius 1 is 1.33 bits per heavy atom. The number of hydrogen-bond donors (Lipinski definition) is 1. The van der Waals surface area contributed by atoms with Gasteiger partial charge in [0.05, 0.1) is 17.6 Å². The van der Waals surface area contributed by atoms with E-state index in [9.17, 15) is 8.42 Å². The molecule has 2 aliphatic rings. The molecule has 4 nitrogen and oxygen atoms in total. The molecule has 0 spiro atoms. The van der Waals surface area contributed by atoms with E-state index in [0.29, 0.717) is 18.8 Å². The van der Waals surface area contributed by atoms with Gasteiger partial charge in [-0.15, -0.1) is 0 Å². The van der Waals surface area contributed by atoms with E-state index in [1.54, 1.807) is 0 Å². The molecule has 0 aromatic carbocycles. The average Bonchev–Trinajstić information content (AvgIpc) is 2.76. The molecule has 2 fully saturated rings. The quantitative estimate of drug-likeness (QED) is 0.753. The summed E-state index contributed by atoms with van der Waals surface area (Å²) in [6.45, 7) is 2.92. The van der Waals surface area contributed by atoms with Crippen molar-refractivity contribution in [2.24, 2.45) is 5.92 Å². The van der Waals surface area contributed by atoms with E-state index in [2.05, 4.69) is 5.32 Å². The lowest BCUT2D eigenvalue weighted by atomic mass is 10.1. The summed E-state index contributed by atoms with van der Waals surface area (Å²) in [5.41, 5.74) is 0. The van der Waals surface area contributed by atoms with Crippen molar-refractivity contribution in [3.8, 4) is 0 Å². The number of ether oxygens (including phenoxy) is 1. The van der Waals surface area contributed by atoms with Gasteiger partial charge in [0.2, 0.25) is 0 Å². The summed E-state index contributed by atoms with van der Waals surface area (Å²) in [6.07, 6.45) is 2.94. The molecule has 2 saturated heterocycles. The first-order valence-electron chi connectivity index (χ1n) is 5.68. The highest BCUT2D eigenvalue weighted by atomic mass is 32.2. The number of hydrogen-bond acceptors (Lipinski definition) is 4. The Kier molecular flexibility index (Phi) is 3.64. The summed E-state index contributed by atoms with van der Waals surface area (Å²) < 4.78 is 27.9. The molecular weight excluding hydrogens is 214 g/mol. The van der Waals surface area contributed by atoms with Gasteiger partial charge in [-0.25, -0.2) is 8.42 Å². The average molecular weight is 233 g/mol. The lowest BCUT2D eigenvalue weighted by Crippen LogP contribution is -2.17. The van der Waals surface area contributed by atoms with Crippen molar-refractivity contribution in [3.63, 3.8) is 0 Å². The van der Waals surface area contributed by atoms with Gasteiger partial charge in [0, 0.05) is 6.61 Å². The molecule has 0 aromatic rings. The van der Waals surface area contributed by atoms with Crippen LogP contribution < -0.4 is 5.32 Å². The molecule has 5 heteroatoms. The van der Waals surface area contributed by atoms with Crippen LogP contribution in [0.5, 0.6) is 0 Å². The van der Waals surface area contributed by atoms with Crippen molar-refractivity contribution in [3.05, 3.63) is 0 Å². The van der Waals surface area contributed by atoms with E-state index in [4.69, 9.17) is 4.74 Å². The number of sulfone groups is 1. The molecular formula is C10H19NO3S. The van der Waals surface area contributed by atoms with Gasteiger partial charge in [0.1, 0.15) is 0 Å². The minimum atomic E-state index is -2.78. The third-order valence-corrected chi connectivity index (χ3v) is 4.97.